The van der Waals surface area contributed by atoms with Crippen molar-refractivity contribution in [1.82, 2.24) is 9.80 Å². The Morgan fingerprint density at radius 2 is 1.75 bits per heavy atom. The number of hydrogen-bond acceptors (Lipinski definition) is 3. The van der Waals surface area contributed by atoms with Gasteiger partial charge in [-0.25, -0.2) is 0 Å². The number of ketones is 1. The van der Waals surface area contributed by atoms with Gasteiger partial charge in [-0.2, -0.15) is 0 Å². The van der Waals surface area contributed by atoms with Gasteiger partial charge >= 0.3 is 0 Å². The fraction of sp³-hybridized carbons (Fsp3) is 0.941. The van der Waals surface area contributed by atoms with Gasteiger partial charge in [0.05, 0.1) is 6.54 Å². The molecule has 1 aliphatic heterocycles. The van der Waals surface area contributed by atoms with Crippen LogP contribution in [0, 0.1) is 23.2 Å². The number of nitrogens with zero attached hydrogens (tertiary/aromatic N) is 2. The summed E-state index contributed by atoms with van der Waals surface area (Å²) in [6.45, 7) is 14.2. The zero-order chi connectivity index (χ0) is 14.9. The van der Waals surface area contributed by atoms with E-state index < -0.39 is 0 Å². The zero-order valence-corrected chi connectivity index (χ0v) is 14.0. The summed E-state index contributed by atoms with van der Waals surface area (Å²) in [7, 11) is 2.16. The Morgan fingerprint density at radius 1 is 1.15 bits per heavy atom. The van der Waals surface area contributed by atoms with E-state index in [1.54, 1.807) is 0 Å². The summed E-state index contributed by atoms with van der Waals surface area (Å²) in [6.07, 6.45) is 2.33. The van der Waals surface area contributed by atoms with Crippen LogP contribution in [0.25, 0.3) is 0 Å². The minimum absolute atomic E-state index is 0.178. The van der Waals surface area contributed by atoms with E-state index in [-0.39, 0.29) is 11.3 Å². The van der Waals surface area contributed by atoms with Crippen LogP contribution in [0.1, 0.15) is 40.5 Å². The second-order valence-electron chi connectivity index (χ2n) is 7.85. The molecule has 1 heterocycles. The highest BCUT2D eigenvalue weighted by Crippen LogP contribution is 2.50. The maximum Gasteiger partial charge on any atom is 0.150 e. The van der Waals surface area contributed by atoms with Gasteiger partial charge in [-0.05, 0) is 37.1 Å². The Hall–Kier alpha value is -0.410. The van der Waals surface area contributed by atoms with Crippen LogP contribution in [0.3, 0.4) is 0 Å². The summed E-state index contributed by atoms with van der Waals surface area (Å²) in [5, 5.41) is 0. The van der Waals surface area contributed by atoms with Gasteiger partial charge in [0, 0.05) is 32.1 Å². The van der Waals surface area contributed by atoms with E-state index in [1.807, 2.05) is 0 Å². The topological polar surface area (TPSA) is 23.6 Å². The van der Waals surface area contributed by atoms with Gasteiger partial charge in [-0.1, -0.05) is 27.7 Å². The summed E-state index contributed by atoms with van der Waals surface area (Å²) in [6, 6.07) is 0. The molecule has 0 spiro atoms. The standard InChI is InChI=1S/C17H32N2O/c1-13(2)14-6-7-15(17(14,3)4)16(20)12-19-10-8-18(5)9-11-19/h13-15H,6-12H2,1-5H3. The van der Waals surface area contributed by atoms with Crippen LogP contribution in [0.15, 0.2) is 0 Å². The SMILES string of the molecule is CC(C)C1CCC(C(=O)CN2CCN(C)CC2)C1(C)C. The van der Waals surface area contributed by atoms with Crippen molar-refractivity contribution in [3.63, 3.8) is 0 Å². The quantitative estimate of drug-likeness (QED) is 0.790. The van der Waals surface area contributed by atoms with Gasteiger partial charge in [0.1, 0.15) is 5.78 Å². The third kappa shape index (κ3) is 3.25. The molecule has 3 nitrogen and oxygen atoms in total. The molecule has 2 aliphatic rings. The molecule has 1 saturated heterocycles. The lowest BCUT2D eigenvalue weighted by Gasteiger charge is -2.37. The maximum absolute atomic E-state index is 12.7. The predicted molar refractivity (Wildman–Crippen MR) is 83.8 cm³/mol. The summed E-state index contributed by atoms with van der Waals surface area (Å²) < 4.78 is 0. The minimum Gasteiger partial charge on any atom is -0.304 e. The molecule has 2 unspecified atom stereocenters. The monoisotopic (exact) mass is 280 g/mol. The van der Waals surface area contributed by atoms with E-state index in [0.717, 1.165) is 32.6 Å². The van der Waals surface area contributed by atoms with Crippen molar-refractivity contribution < 1.29 is 4.79 Å². The molecule has 0 aromatic rings. The molecule has 1 aliphatic carbocycles. The second kappa shape index (κ2) is 6.15. The van der Waals surface area contributed by atoms with Crippen molar-refractivity contribution in [2.24, 2.45) is 23.2 Å². The zero-order valence-electron chi connectivity index (χ0n) is 14.0. The Bertz CT molecular complexity index is 343. The molecule has 0 bridgehead atoms. The molecule has 0 radical (unpaired) electrons. The number of carbonyl (C=O) groups excluding carboxylic acids is 1. The van der Waals surface area contributed by atoms with E-state index in [2.05, 4.69) is 44.5 Å². The Kier molecular flexibility index (Phi) is 4.91. The van der Waals surface area contributed by atoms with Crippen LogP contribution in [-0.4, -0.2) is 55.4 Å². The average molecular weight is 280 g/mol. The number of Topliss-reactive ketones (excluding diaryl/α,β-unsaturated/α-hetero) is 1. The van der Waals surface area contributed by atoms with Gasteiger partial charge in [-0.3, -0.25) is 9.69 Å². The molecule has 20 heavy (non-hydrogen) atoms. The Labute approximate surface area is 124 Å². The van der Waals surface area contributed by atoms with Crippen molar-refractivity contribution in [2.45, 2.75) is 40.5 Å². The smallest absolute Gasteiger partial charge is 0.150 e. The molecule has 0 N–H and O–H groups in total. The van der Waals surface area contributed by atoms with Crippen molar-refractivity contribution in [3.05, 3.63) is 0 Å². The first kappa shape index (κ1) is 16.0. The average Bonchev–Trinajstić information content (AvgIpc) is 2.67. The fourth-order valence-corrected chi connectivity index (χ4v) is 4.45. The summed E-state index contributed by atoms with van der Waals surface area (Å²) >= 11 is 0. The second-order valence-corrected chi connectivity index (χ2v) is 7.85. The Morgan fingerprint density at radius 3 is 2.25 bits per heavy atom. The molecule has 1 saturated carbocycles. The predicted octanol–water partition coefficient (Wildman–Crippen LogP) is 2.51. The van der Waals surface area contributed by atoms with Crippen molar-refractivity contribution >= 4 is 5.78 Å². The molecule has 0 aromatic heterocycles. The number of rotatable bonds is 4. The molecule has 0 amide bonds. The first-order valence-corrected chi connectivity index (χ1v) is 8.26. The van der Waals surface area contributed by atoms with Crippen molar-refractivity contribution in [3.8, 4) is 0 Å². The first-order chi connectivity index (χ1) is 9.32. The van der Waals surface area contributed by atoms with E-state index >= 15 is 0 Å². The van der Waals surface area contributed by atoms with Crippen LogP contribution < -0.4 is 0 Å². The molecule has 0 aromatic carbocycles. The van der Waals surface area contributed by atoms with Crippen molar-refractivity contribution in [2.75, 3.05) is 39.8 Å². The molecule has 2 rings (SSSR count). The third-order valence-electron chi connectivity index (χ3n) is 5.79. The van der Waals surface area contributed by atoms with Crippen LogP contribution in [0.5, 0.6) is 0 Å². The van der Waals surface area contributed by atoms with Gasteiger partial charge in [-0.15, -0.1) is 0 Å². The largest absolute Gasteiger partial charge is 0.304 e. The van der Waals surface area contributed by atoms with E-state index in [9.17, 15) is 4.79 Å². The summed E-state index contributed by atoms with van der Waals surface area (Å²) in [5.74, 6) is 2.15. The van der Waals surface area contributed by atoms with Crippen LogP contribution in [0.2, 0.25) is 0 Å². The van der Waals surface area contributed by atoms with Crippen LogP contribution in [0.4, 0.5) is 0 Å². The highest BCUT2D eigenvalue weighted by Gasteiger charge is 2.47. The summed E-state index contributed by atoms with van der Waals surface area (Å²) in [5.41, 5.74) is 0.178. The molecular weight excluding hydrogens is 248 g/mol. The van der Waals surface area contributed by atoms with Crippen molar-refractivity contribution in [1.29, 1.82) is 0 Å². The molecular formula is C17H32N2O. The lowest BCUT2D eigenvalue weighted by molar-refractivity contribution is -0.127. The van der Waals surface area contributed by atoms with Gasteiger partial charge in [0.2, 0.25) is 0 Å². The Balaban J connectivity index is 1.93. The molecule has 2 atom stereocenters. The summed E-state index contributed by atoms with van der Waals surface area (Å²) in [4.78, 5) is 17.4. The van der Waals surface area contributed by atoms with Gasteiger partial charge < -0.3 is 4.90 Å². The number of hydrogen-bond donors (Lipinski definition) is 0. The highest BCUT2D eigenvalue weighted by atomic mass is 16.1. The minimum atomic E-state index is 0.178. The third-order valence-corrected chi connectivity index (χ3v) is 5.79. The van der Waals surface area contributed by atoms with Gasteiger partial charge in [0.25, 0.3) is 0 Å². The van der Waals surface area contributed by atoms with Crippen LogP contribution >= 0.6 is 0 Å². The highest BCUT2D eigenvalue weighted by molar-refractivity contribution is 5.84. The number of likely N-dealkylation sites (N-methyl/N-ethyl adjacent to an activating group) is 1. The van der Waals surface area contributed by atoms with E-state index in [4.69, 9.17) is 0 Å². The number of carbonyl (C=O) groups is 1. The lowest BCUT2D eigenvalue weighted by Crippen LogP contribution is -2.48. The van der Waals surface area contributed by atoms with E-state index in [1.165, 1.54) is 6.42 Å². The van der Waals surface area contributed by atoms with Crippen LogP contribution in [-0.2, 0) is 4.79 Å². The molecule has 3 heteroatoms. The normalized spacial score (nSPS) is 31.9. The fourth-order valence-electron chi connectivity index (χ4n) is 4.45. The number of piperazine rings is 1. The molecule has 2 fully saturated rings. The van der Waals surface area contributed by atoms with Gasteiger partial charge in [0.15, 0.2) is 0 Å². The first-order valence-electron chi connectivity index (χ1n) is 8.26. The lowest BCUT2D eigenvalue weighted by atomic mass is 9.70. The van der Waals surface area contributed by atoms with E-state index in [0.29, 0.717) is 24.2 Å². The maximum atomic E-state index is 12.7. The molecule has 116 valence electrons.